The number of halogens is 1. The van der Waals surface area contributed by atoms with Crippen molar-refractivity contribution in [2.24, 2.45) is 0 Å². The van der Waals surface area contributed by atoms with E-state index in [1.165, 1.54) is 18.6 Å². The highest BCUT2D eigenvalue weighted by molar-refractivity contribution is 5.22. The molecule has 0 N–H and O–H groups in total. The van der Waals surface area contributed by atoms with Gasteiger partial charge in [-0.3, -0.25) is 0 Å². The minimum absolute atomic E-state index is 0.243. The van der Waals surface area contributed by atoms with Gasteiger partial charge in [-0.1, -0.05) is 25.8 Å². The minimum Gasteiger partial charge on any atom is -0.493 e. The fourth-order valence-corrected chi connectivity index (χ4v) is 1.10. The number of unbranched alkanes of at least 4 members (excludes halogenated alkanes) is 2. The van der Waals surface area contributed by atoms with E-state index in [0.717, 1.165) is 12.8 Å². The van der Waals surface area contributed by atoms with Crippen LogP contribution in [0.3, 0.4) is 0 Å². The van der Waals surface area contributed by atoms with Crippen LogP contribution in [0.1, 0.15) is 26.2 Å². The van der Waals surface area contributed by atoms with Crippen LogP contribution in [0.5, 0.6) is 5.75 Å². The van der Waals surface area contributed by atoms with Gasteiger partial charge in [0.05, 0.1) is 6.61 Å². The van der Waals surface area contributed by atoms with E-state index < -0.39 is 0 Å². The van der Waals surface area contributed by atoms with E-state index in [1.54, 1.807) is 12.1 Å². The second-order valence-electron chi connectivity index (χ2n) is 3.01. The van der Waals surface area contributed by atoms with Crippen molar-refractivity contribution in [3.63, 3.8) is 0 Å². The molecule has 0 saturated heterocycles. The SMILES string of the molecule is CCCCCOc1cccc(F)c1. The Morgan fingerprint density at radius 3 is 2.85 bits per heavy atom. The molecule has 0 aliphatic carbocycles. The van der Waals surface area contributed by atoms with E-state index in [-0.39, 0.29) is 5.82 Å². The van der Waals surface area contributed by atoms with Crippen molar-refractivity contribution in [3.8, 4) is 5.75 Å². The normalized spacial score (nSPS) is 10.0. The Morgan fingerprint density at radius 1 is 1.31 bits per heavy atom. The predicted octanol–water partition coefficient (Wildman–Crippen LogP) is 3.39. The van der Waals surface area contributed by atoms with Crippen molar-refractivity contribution in [1.29, 1.82) is 0 Å². The average molecular weight is 182 g/mol. The maximum Gasteiger partial charge on any atom is 0.126 e. The predicted molar refractivity (Wildman–Crippen MR) is 51.4 cm³/mol. The largest absolute Gasteiger partial charge is 0.493 e. The zero-order valence-corrected chi connectivity index (χ0v) is 7.92. The first-order valence-electron chi connectivity index (χ1n) is 4.71. The lowest BCUT2D eigenvalue weighted by Crippen LogP contribution is -1.96. The van der Waals surface area contributed by atoms with E-state index in [4.69, 9.17) is 4.74 Å². The molecule has 0 fully saturated rings. The molecular formula is C11H15FO. The first-order valence-corrected chi connectivity index (χ1v) is 4.71. The summed E-state index contributed by atoms with van der Waals surface area (Å²) < 4.78 is 18.0. The molecule has 0 amide bonds. The molecule has 2 heteroatoms. The van der Waals surface area contributed by atoms with Crippen molar-refractivity contribution in [3.05, 3.63) is 30.1 Å². The molecule has 1 nitrogen and oxygen atoms in total. The van der Waals surface area contributed by atoms with Crippen LogP contribution in [0.2, 0.25) is 0 Å². The Balaban J connectivity index is 2.28. The molecule has 72 valence electrons. The van der Waals surface area contributed by atoms with Gasteiger partial charge in [-0.25, -0.2) is 4.39 Å². The van der Waals surface area contributed by atoms with Crippen LogP contribution in [0, 0.1) is 5.82 Å². The third kappa shape index (κ3) is 3.92. The van der Waals surface area contributed by atoms with E-state index in [9.17, 15) is 4.39 Å². The lowest BCUT2D eigenvalue weighted by molar-refractivity contribution is 0.305. The molecule has 0 bridgehead atoms. The molecule has 13 heavy (non-hydrogen) atoms. The molecular weight excluding hydrogens is 167 g/mol. The monoisotopic (exact) mass is 182 g/mol. The molecule has 1 aromatic rings. The number of benzene rings is 1. The highest BCUT2D eigenvalue weighted by Crippen LogP contribution is 2.12. The van der Waals surface area contributed by atoms with E-state index >= 15 is 0 Å². The molecule has 0 aliphatic heterocycles. The fourth-order valence-electron chi connectivity index (χ4n) is 1.10. The third-order valence-electron chi connectivity index (χ3n) is 1.81. The Hall–Kier alpha value is -1.05. The smallest absolute Gasteiger partial charge is 0.126 e. The van der Waals surface area contributed by atoms with Crippen LogP contribution >= 0.6 is 0 Å². The molecule has 0 radical (unpaired) electrons. The van der Waals surface area contributed by atoms with Crippen LogP contribution in [0.15, 0.2) is 24.3 Å². The zero-order valence-electron chi connectivity index (χ0n) is 7.92. The Labute approximate surface area is 78.5 Å². The molecule has 0 spiro atoms. The summed E-state index contributed by atoms with van der Waals surface area (Å²) in [7, 11) is 0. The van der Waals surface area contributed by atoms with Gasteiger partial charge >= 0.3 is 0 Å². The van der Waals surface area contributed by atoms with Gasteiger partial charge in [0.15, 0.2) is 0 Å². The van der Waals surface area contributed by atoms with Gasteiger partial charge < -0.3 is 4.74 Å². The third-order valence-corrected chi connectivity index (χ3v) is 1.81. The van der Waals surface area contributed by atoms with Crippen molar-refractivity contribution in [2.75, 3.05) is 6.61 Å². The highest BCUT2D eigenvalue weighted by atomic mass is 19.1. The summed E-state index contributed by atoms with van der Waals surface area (Å²) >= 11 is 0. The van der Waals surface area contributed by atoms with Gasteiger partial charge in [-0.2, -0.15) is 0 Å². The number of hydrogen-bond donors (Lipinski definition) is 0. The summed E-state index contributed by atoms with van der Waals surface area (Å²) in [5.74, 6) is 0.379. The summed E-state index contributed by atoms with van der Waals surface area (Å²) in [6.45, 7) is 2.82. The first kappa shape index (κ1) is 10.0. The second kappa shape index (κ2) is 5.57. The number of rotatable bonds is 5. The summed E-state index contributed by atoms with van der Waals surface area (Å²) in [6.07, 6.45) is 3.37. The van der Waals surface area contributed by atoms with Gasteiger partial charge in [0.2, 0.25) is 0 Å². The average Bonchev–Trinajstić information content (AvgIpc) is 2.13. The minimum atomic E-state index is -0.243. The summed E-state index contributed by atoms with van der Waals surface area (Å²) in [4.78, 5) is 0. The fraction of sp³-hybridized carbons (Fsp3) is 0.455. The van der Waals surface area contributed by atoms with Crippen LogP contribution in [0.4, 0.5) is 4.39 Å². The first-order chi connectivity index (χ1) is 6.33. The van der Waals surface area contributed by atoms with Gasteiger partial charge in [0.1, 0.15) is 11.6 Å². The molecule has 1 aromatic carbocycles. The standard InChI is InChI=1S/C11H15FO/c1-2-3-4-8-13-11-7-5-6-10(12)9-11/h5-7,9H,2-4,8H2,1H3. The maximum absolute atomic E-state index is 12.7. The van der Waals surface area contributed by atoms with Crippen molar-refractivity contribution < 1.29 is 9.13 Å². The van der Waals surface area contributed by atoms with Crippen LogP contribution < -0.4 is 4.74 Å². The summed E-state index contributed by atoms with van der Waals surface area (Å²) in [5.41, 5.74) is 0. The van der Waals surface area contributed by atoms with Crippen LogP contribution in [-0.2, 0) is 0 Å². The van der Waals surface area contributed by atoms with Gasteiger partial charge in [-0.15, -0.1) is 0 Å². The van der Waals surface area contributed by atoms with Crippen molar-refractivity contribution in [2.45, 2.75) is 26.2 Å². The van der Waals surface area contributed by atoms with Crippen molar-refractivity contribution >= 4 is 0 Å². The Bertz CT molecular complexity index is 248. The molecule has 0 atom stereocenters. The van der Waals surface area contributed by atoms with Gasteiger partial charge in [0.25, 0.3) is 0 Å². The Morgan fingerprint density at radius 2 is 2.15 bits per heavy atom. The molecule has 0 aromatic heterocycles. The topological polar surface area (TPSA) is 9.23 Å². The molecule has 0 unspecified atom stereocenters. The Kier molecular flexibility index (Phi) is 4.30. The van der Waals surface area contributed by atoms with E-state index in [2.05, 4.69) is 6.92 Å². The lowest BCUT2D eigenvalue weighted by Gasteiger charge is -2.04. The second-order valence-corrected chi connectivity index (χ2v) is 3.01. The summed E-state index contributed by atoms with van der Waals surface area (Å²) in [6, 6.07) is 6.25. The van der Waals surface area contributed by atoms with E-state index in [0.29, 0.717) is 12.4 Å². The van der Waals surface area contributed by atoms with E-state index in [1.807, 2.05) is 0 Å². The molecule has 0 saturated carbocycles. The highest BCUT2D eigenvalue weighted by Gasteiger charge is 1.94. The van der Waals surface area contributed by atoms with Gasteiger partial charge in [-0.05, 0) is 18.6 Å². The lowest BCUT2D eigenvalue weighted by atomic mass is 10.3. The molecule has 1 rings (SSSR count). The maximum atomic E-state index is 12.7. The van der Waals surface area contributed by atoms with Crippen molar-refractivity contribution in [1.82, 2.24) is 0 Å². The quantitative estimate of drug-likeness (QED) is 0.634. The molecule has 0 aliphatic rings. The summed E-state index contributed by atoms with van der Waals surface area (Å²) in [5, 5.41) is 0. The van der Waals surface area contributed by atoms with Gasteiger partial charge in [0, 0.05) is 6.07 Å². The molecule has 0 heterocycles. The number of ether oxygens (including phenoxy) is 1. The number of hydrogen-bond acceptors (Lipinski definition) is 1. The zero-order chi connectivity index (χ0) is 9.52. The van der Waals surface area contributed by atoms with Crippen LogP contribution in [0.25, 0.3) is 0 Å². The van der Waals surface area contributed by atoms with Crippen LogP contribution in [-0.4, -0.2) is 6.61 Å².